The number of benzene rings is 9. The summed E-state index contributed by atoms with van der Waals surface area (Å²) < 4.78 is 5.03. The Bertz CT molecular complexity index is 3220. The van der Waals surface area contributed by atoms with Crippen molar-refractivity contribution < 1.29 is 0 Å². The first-order valence-corrected chi connectivity index (χ1v) is 19.6. The Labute approximate surface area is 323 Å². The molecule has 0 aliphatic rings. The first-order chi connectivity index (χ1) is 27.3. The van der Waals surface area contributed by atoms with Gasteiger partial charge in [0.1, 0.15) is 0 Å². The SMILES string of the molecule is c1ccc(-n2c3ccccc3c3ccc(-c4ccc(-c5ccccc5Nc5cc(-c6cccc7c6sc6ccccc67)cc6ccccc56)cc4)cc32)cc1. The van der Waals surface area contributed by atoms with Crippen LogP contribution in [0.25, 0.3) is 91.8 Å². The molecule has 0 aliphatic heterocycles. The van der Waals surface area contributed by atoms with Gasteiger partial charge in [-0.3, -0.25) is 0 Å². The van der Waals surface area contributed by atoms with Crippen LogP contribution in [0.4, 0.5) is 11.4 Å². The van der Waals surface area contributed by atoms with Crippen molar-refractivity contribution in [2.45, 2.75) is 0 Å². The molecule has 0 spiro atoms. The molecule has 0 aliphatic carbocycles. The first-order valence-electron chi connectivity index (χ1n) is 18.8. The van der Waals surface area contributed by atoms with E-state index in [1.165, 1.54) is 86.3 Å². The summed E-state index contributed by atoms with van der Waals surface area (Å²) >= 11 is 1.88. The van der Waals surface area contributed by atoms with Crippen LogP contribution in [-0.4, -0.2) is 4.57 Å². The van der Waals surface area contributed by atoms with E-state index in [0.29, 0.717) is 0 Å². The number of hydrogen-bond donors (Lipinski definition) is 1. The van der Waals surface area contributed by atoms with Gasteiger partial charge in [-0.2, -0.15) is 0 Å². The quantitative estimate of drug-likeness (QED) is 0.181. The molecule has 0 radical (unpaired) electrons. The molecule has 0 saturated heterocycles. The maximum absolute atomic E-state index is 3.90. The average molecular weight is 719 g/mol. The van der Waals surface area contributed by atoms with E-state index in [9.17, 15) is 0 Å². The fourth-order valence-corrected chi connectivity index (χ4v) is 9.62. The first kappa shape index (κ1) is 31.6. The van der Waals surface area contributed by atoms with Crippen molar-refractivity contribution in [2.24, 2.45) is 0 Å². The van der Waals surface area contributed by atoms with Crippen LogP contribution >= 0.6 is 11.3 Å². The number of aromatic nitrogens is 1. The zero-order valence-electron chi connectivity index (χ0n) is 29.9. The Morgan fingerprint density at radius 1 is 0.364 bits per heavy atom. The van der Waals surface area contributed by atoms with Gasteiger partial charge in [-0.1, -0.05) is 152 Å². The van der Waals surface area contributed by atoms with Gasteiger partial charge in [0.2, 0.25) is 0 Å². The lowest BCUT2D eigenvalue weighted by Crippen LogP contribution is -1.95. The third-order valence-corrected chi connectivity index (χ3v) is 12.2. The molecule has 0 fully saturated rings. The third-order valence-electron chi connectivity index (χ3n) is 11.0. The van der Waals surface area contributed by atoms with Crippen molar-refractivity contribution in [3.8, 4) is 39.1 Å². The van der Waals surface area contributed by atoms with E-state index in [4.69, 9.17) is 0 Å². The molecule has 258 valence electrons. The minimum atomic E-state index is 1.08. The van der Waals surface area contributed by atoms with Gasteiger partial charge in [0, 0.05) is 59.0 Å². The standard InChI is InChI=1S/C52H34N2S/c1-2-14-39(15-3-1)54-49-23-10-7-18-43(49)44-30-29-36(33-50(44)54)34-25-27-35(28-26-34)40-16-6-9-22-47(40)53-48-32-38(31-37-13-4-5-17-41(37)48)42-20-12-21-46-45-19-8-11-24-51(45)55-52(42)46/h1-33,53H. The lowest BCUT2D eigenvalue weighted by molar-refractivity contribution is 1.18. The molecule has 0 amide bonds. The predicted octanol–water partition coefficient (Wildman–Crippen LogP) is 15.0. The average Bonchev–Trinajstić information content (AvgIpc) is 3.80. The summed E-state index contributed by atoms with van der Waals surface area (Å²) in [5.74, 6) is 0. The molecule has 2 heterocycles. The van der Waals surface area contributed by atoms with Gasteiger partial charge in [0.25, 0.3) is 0 Å². The van der Waals surface area contributed by atoms with Gasteiger partial charge in [-0.05, 0) is 81.7 Å². The van der Waals surface area contributed by atoms with Gasteiger partial charge < -0.3 is 9.88 Å². The Kier molecular flexibility index (Phi) is 7.39. The van der Waals surface area contributed by atoms with Crippen LogP contribution in [0.2, 0.25) is 0 Å². The zero-order chi connectivity index (χ0) is 36.3. The molecule has 0 unspecified atom stereocenters. The smallest absolute Gasteiger partial charge is 0.0547 e. The molecule has 9 aromatic carbocycles. The van der Waals surface area contributed by atoms with Crippen molar-refractivity contribution in [3.05, 3.63) is 200 Å². The van der Waals surface area contributed by atoms with Gasteiger partial charge in [-0.15, -0.1) is 11.3 Å². The zero-order valence-corrected chi connectivity index (χ0v) is 30.7. The van der Waals surface area contributed by atoms with Crippen LogP contribution in [-0.2, 0) is 0 Å². The van der Waals surface area contributed by atoms with Crippen LogP contribution in [0, 0.1) is 0 Å². The molecule has 3 heteroatoms. The van der Waals surface area contributed by atoms with Crippen LogP contribution in [0.3, 0.4) is 0 Å². The lowest BCUT2D eigenvalue weighted by Gasteiger charge is -2.17. The van der Waals surface area contributed by atoms with Gasteiger partial charge >= 0.3 is 0 Å². The number of nitrogens with zero attached hydrogens (tertiary/aromatic N) is 1. The molecule has 2 nitrogen and oxygen atoms in total. The normalized spacial score (nSPS) is 11.6. The molecule has 0 atom stereocenters. The summed E-state index contributed by atoms with van der Waals surface area (Å²) in [5.41, 5.74) is 13.0. The highest BCUT2D eigenvalue weighted by atomic mass is 32.1. The molecule has 2 aromatic heterocycles. The summed E-state index contributed by atoms with van der Waals surface area (Å²) in [7, 11) is 0. The molecule has 0 bridgehead atoms. The Hall–Kier alpha value is -6.94. The topological polar surface area (TPSA) is 17.0 Å². The largest absolute Gasteiger partial charge is 0.354 e. The van der Waals surface area contributed by atoms with Crippen molar-refractivity contribution in [1.29, 1.82) is 0 Å². The Morgan fingerprint density at radius 3 is 1.91 bits per heavy atom. The van der Waals surface area contributed by atoms with E-state index in [0.717, 1.165) is 16.9 Å². The van der Waals surface area contributed by atoms with Crippen LogP contribution < -0.4 is 5.32 Å². The molecule has 11 rings (SSSR count). The molecular weight excluding hydrogens is 685 g/mol. The molecule has 55 heavy (non-hydrogen) atoms. The van der Waals surface area contributed by atoms with Crippen LogP contribution in [0.5, 0.6) is 0 Å². The molecule has 11 aromatic rings. The summed E-state index contributed by atoms with van der Waals surface area (Å²) in [5, 5.41) is 11.5. The highest BCUT2D eigenvalue weighted by Crippen LogP contribution is 2.43. The Balaban J connectivity index is 0.973. The second-order valence-corrected chi connectivity index (χ2v) is 15.2. The number of rotatable bonds is 6. The number of hydrogen-bond acceptors (Lipinski definition) is 2. The monoisotopic (exact) mass is 718 g/mol. The molecule has 0 saturated carbocycles. The van der Waals surface area contributed by atoms with E-state index in [2.05, 4.69) is 210 Å². The van der Waals surface area contributed by atoms with E-state index < -0.39 is 0 Å². The summed E-state index contributed by atoms with van der Waals surface area (Å²) in [6.45, 7) is 0. The van der Waals surface area contributed by atoms with E-state index in [-0.39, 0.29) is 0 Å². The lowest BCUT2D eigenvalue weighted by atomic mass is 9.97. The van der Waals surface area contributed by atoms with E-state index in [1.807, 2.05) is 11.3 Å². The van der Waals surface area contributed by atoms with Crippen molar-refractivity contribution in [3.63, 3.8) is 0 Å². The summed E-state index contributed by atoms with van der Waals surface area (Å²) in [4.78, 5) is 0. The van der Waals surface area contributed by atoms with E-state index >= 15 is 0 Å². The van der Waals surface area contributed by atoms with Crippen molar-refractivity contribution >= 4 is 75.5 Å². The van der Waals surface area contributed by atoms with Crippen LogP contribution in [0.1, 0.15) is 0 Å². The van der Waals surface area contributed by atoms with Crippen molar-refractivity contribution in [1.82, 2.24) is 4.57 Å². The van der Waals surface area contributed by atoms with E-state index in [1.54, 1.807) is 0 Å². The minimum absolute atomic E-state index is 1.08. The summed E-state index contributed by atoms with van der Waals surface area (Å²) in [6, 6.07) is 72.7. The second-order valence-electron chi connectivity index (χ2n) is 14.2. The fraction of sp³-hybridized carbons (Fsp3) is 0. The second kappa shape index (κ2) is 12.9. The maximum Gasteiger partial charge on any atom is 0.0547 e. The number of thiophene rings is 1. The molecular formula is C52H34N2S. The van der Waals surface area contributed by atoms with Gasteiger partial charge in [-0.25, -0.2) is 0 Å². The Morgan fingerprint density at radius 2 is 1.02 bits per heavy atom. The number of anilines is 2. The predicted molar refractivity (Wildman–Crippen MR) is 237 cm³/mol. The van der Waals surface area contributed by atoms with Crippen LogP contribution in [0.15, 0.2) is 200 Å². The number of nitrogens with one attached hydrogen (secondary N) is 1. The van der Waals surface area contributed by atoms with Crippen molar-refractivity contribution in [2.75, 3.05) is 5.32 Å². The summed E-state index contributed by atoms with van der Waals surface area (Å²) in [6.07, 6.45) is 0. The highest BCUT2D eigenvalue weighted by Gasteiger charge is 2.16. The third kappa shape index (κ3) is 5.32. The number of para-hydroxylation sites is 3. The molecule has 1 N–H and O–H groups in total. The number of fused-ring (bicyclic) bond motifs is 7. The highest BCUT2D eigenvalue weighted by molar-refractivity contribution is 7.26. The van der Waals surface area contributed by atoms with Gasteiger partial charge in [0.15, 0.2) is 0 Å². The maximum atomic E-state index is 3.90. The fourth-order valence-electron chi connectivity index (χ4n) is 8.38. The minimum Gasteiger partial charge on any atom is -0.354 e. The van der Waals surface area contributed by atoms with Gasteiger partial charge in [0.05, 0.1) is 11.0 Å².